The minimum absolute atomic E-state index is 0.109. The molecule has 4 atom stereocenters. The quantitative estimate of drug-likeness (QED) is 0.211. The number of benzene rings is 2. The largest absolute Gasteiger partial charge is 0.353 e. The van der Waals surface area contributed by atoms with E-state index in [2.05, 4.69) is 140 Å². The van der Waals surface area contributed by atoms with Gasteiger partial charge >= 0.3 is 0 Å². The van der Waals surface area contributed by atoms with E-state index in [1.807, 2.05) is 12.1 Å². The predicted octanol–water partition coefficient (Wildman–Crippen LogP) is 7.79. The summed E-state index contributed by atoms with van der Waals surface area (Å²) in [5.41, 5.74) is 0.673. The van der Waals surface area contributed by atoms with Crippen LogP contribution in [0, 0.1) is 11.8 Å². The van der Waals surface area contributed by atoms with E-state index in [1.165, 1.54) is 0 Å². The molecular formula is C24H26Br4O3. The highest BCUT2D eigenvalue weighted by atomic mass is 79.9. The third-order valence-electron chi connectivity index (χ3n) is 6.33. The number of alkyl halides is 4. The van der Waals surface area contributed by atoms with Gasteiger partial charge < -0.3 is 14.2 Å². The Labute approximate surface area is 218 Å². The van der Waals surface area contributed by atoms with Crippen LogP contribution in [0.15, 0.2) is 60.7 Å². The fourth-order valence-corrected chi connectivity index (χ4v) is 6.74. The maximum absolute atomic E-state index is 7.47. The van der Waals surface area contributed by atoms with Crippen LogP contribution >= 0.6 is 63.7 Å². The number of ether oxygens (including phenoxy) is 3. The van der Waals surface area contributed by atoms with E-state index < -0.39 is 18.0 Å². The molecule has 0 saturated carbocycles. The van der Waals surface area contributed by atoms with E-state index in [0.717, 1.165) is 11.1 Å². The molecule has 31 heavy (non-hydrogen) atoms. The van der Waals surface area contributed by atoms with Gasteiger partial charge in [0.05, 0.1) is 0 Å². The van der Waals surface area contributed by atoms with Crippen molar-refractivity contribution in [3.05, 3.63) is 71.8 Å². The zero-order chi connectivity index (χ0) is 22.7. The number of hydrogen-bond donors (Lipinski definition) is 0. The van der Waals surface area contributed by atoms with Crippen molar-refractivity contribution < 1.29 is 14.2 Å². The lowest BCUT2D eigenvalue weighted by molar-refractivity contribution is -0.226. The van der Waals surface area contributed by atoms with Crippen molar-refractivity contribution in [1.82, 2.24) is 0 Å². The molecule has 4 rings (SSSR count). The summed E-state index contributed by atoms with van der Waals surface area (Å²) in [5, 5.41) is 0. The molecule has 0 aliphatic carbocycles. The van der Waals surface area contributed by atoms with Crippen molar-refractivity contribution >= 4 is 63.7 Å². The van der Waals surface area contributed by atoms with Crippen molar-refractivity contribution in [3.8, 4) is 0 Å². The van der Waals surface area contributed by atoms with Gasteiger partial charge in [0.1, 0.15) is 23.4 Å². The number of epoxide rings is 2. The zero-order valence-electron chi connectivity index (χ0n) is 17.8. The van der Waals surface area contributed by atoms with Gasteiger partial charge in [0.15, 0.2) is 0 Å². The van der Waals surface area contributed by atoms with Crippen molar-refractivity contribution in [2.24, 2.45) is 11.8 Å². The average molecular weight is 682 g/mol. The molecule has 4 unspecified atom stereocenters. The molecule has 2 aromatic rings. The third kappa shape index (κ3) is 4.15. The molecule has 0 bridgehead atoms. The highest BCUT2D eigenvalue weighted by Gasteiger charge is 2.73. The Kier molecular flexibility index (Phi) is 6.66. The third-order valence-corrected chi connectivity index (χ3v) is 8.74. The van der Waals surface area contributed by atoms with Gasteiger partial charge in [-0.15, -0.1) is 0 Å². The van der Waals surface area contributed by atoms with Crippen molar-refractivity contribution in [1.29, 1.82) is 0 Å². The van der Waals surface area contributed by atoms with E-state index >= 15 is 0 Å². The SMILES string of the molecule is CC(C)C(OC(c1ccccc1)(C(C)C)C1OC1(Br)Br)(c1ccccc1)C1OC1(Br)Br. The van der Waals surface area contributed by atoms with Crippen LogP contribution in [-0.4, -0.2) is 19.0 Å². The van der Waals surface area contributed by atoms with Crippen molar-refractivity contribution in [2.45, 2.75) is 57.9 Å². The normalized spacial score (nSPS) is 27.5. The van der Waals surface area contributed by atoms with Crippen LogP contribution in [-0.2, 0) is 25.4 Å². The van der Waals surface area contributed by atoms with E-state index in [9.17, 15) is 0 Å². The Morgan fingerprint density at radius 3 is 1.19 bits per heavy atom. The Morgan fingerprint density at radius 2 is 0.968 bits per heavy atom. The van der Waals surface area contributed by atoms with Gasteiger partial charge in [-0.05, 0) is 86.7 Å². The lowest BCUT2D eigenvalue weighted by Crippen LogP contribution is -2.54. The summed E-state index contributed by atoms with van der Waals surface area (Å²) in [6.07, 6.45) is -0.467. The first-order valence-electron chi connectivity index (χ1n) is 10.4. The van der Waals surface area contributed by atoms with E-state index in [-0.39, 0.29) is 24.0 Å². The maximum atomic E-state index is 7.47. The molecule has 2 heterocycles. The number of rotatable bonds is 8. The van der Waals surface area contributed by atoms with Gasteiger partial charge in [0.25, 0.3) is 0 Å². The van der Waals surface area contributed by atoms with Gasteiger partial charge in [0.2, 0.25) is 6.84 Å². The summed E-state index contributed by atoms with van der Waals surface area (Å²) < 4.78 is 18.5. The molecule has 0 N–H and O–H groups in total. The fourth-order valence-electron chi connectivity index (χ4n) is 4.63. The molecule has 2 aromatic carbocycles. The first kappa shape index (κ1) is 24.4. The molecule has 3 nitrogen and oxygen atoms in total. The molecule has 2 saturated heterocycles. The molecule has 2 fully saturated rings. The predicted molar refractivity (Wildman–Crippen MR) is 138 cm³/mol. The summed E-state index contributed by atoms with van der Waals surface area (Å²) >= 11 is 14.8. The average Bonchev–Trinajstić information content (AvgIpc) is 3.57. The monoisotopic (exact) mass is 678 g/mol. The summed E-state index contributed by atoms with van der Waals surface area (Å²) in [4.78, 5) is 0. The number of hydrogen-bond acceptors (Lipinski definition) is 3. The van der Waals surface area contributed by atoms with Gasteiger partial charge in [-0.2, -0.15) is 0 Å². The van der Waals surface area contributed by atoms with Crippen LogP contribution in [0.1, 0.15) is 38.8 Å². The second-order valence-electron chi connectivity index (χ2n) is 8.85. The van der Waals surface area contributed by atoms with Crippen LogP contribution in [0.2, 0.25) is 0 Å². The number of halogens is 4. The van der Waals surface area contributed by atoms with Gasteiger partial charge in [-0.1, -0.05) is 88.4 Å². The Bertz CT molecular complexity index is 843. The minimum atomic E-state index is -0.740. The van der Waals surface area contributed by atoms with Crippen molar-refractivity contribution in [3.63, 3.8) is 0 Å². The molecule has 0 amide bonds. The molecule has 0 aromatic heterocycles. The molecule has 2 aliphatic heterocycles. The maximum Gasteiger partial charge on any atom is 0.207 e. The van der Waals surface area contributed by atoms with Gasteiger partial charge in [-0.3, -0.25) is 0 Å². The standard InChI is InChI=1S/C24H26Br4O3/c1-15(2)21(19-23(25,26)29-19,17-11-7-5-8-12-17)31-22(16(3)4,20-24(27,28)30-20)18-13-9-6-10-14-18/h5-16,19-20H,1-4H3. The second-order valence-corrected chi connectivity index (χ2v) is 15.7. The summed E-state index contributed by atoms with van der Waals surface area (Å²) in [6, 6.07) is 20.7. The lowest BCUT2D eigenvalue weighted by Gasteiger charge is -2.48. The highest BCUT2D eigenvalue weighted by Crippen LogP contribution is 2.65. The summed E-state index contributed by atoms with van der Waals surface area (Å²) in [6.45, 7) is 8.74. The molecule has 0 spiro atoms. The second kappa shape index (κ2) is 8.47. The zero-order valence-corrected chi connectivity index (χ0v) is 24.2. The van der Waals surface area contributed by atoms with Crippen LogP contribution < -0.4 is 0 Å². The smallest absolute Gasteiger partial charge is 0.207 e. The van der Waals surface area contributed by atoms with E-state index in [4.69, 9.17) is 14.2 Å². The van der Waals surface area contributed by atoms with Crippen LogP contribution in [0.5, 0.6) is 0 Å². The van der Waals surface area contributed by atoms with Crippen LogP contribution in [0.4, 0.5) is 0 Å². The molecule has 2 aliphatic rings. The van der Waals surface area contributed by atoms with E-state index in [1.54, 1.807) is 0 Å². The Morgan fingerprint density at radius 1 is 0.677 bits per heavy atom. The van der Waals surface area contributed by atoms with E-state index in [0.29, 0.717) is 0 Å². The Hall–Kier alpha value is 0.240. The van der Waals surface area contributed by atoms with Crippen molar-refractivity contribution in [2.75, 3.05) is 0 Å². The van der Waals surface area contributed by atoms with Crippen LogP contribution in [0.25, 0.3) is 0 Å². The fraction of sp³-hybridized carbons (Fsp3) is 0.500. The first-order valence-corrected chi connectivity index (χ1v) is 13.6. The molecule has 168 valence electrons. The summed E-state index contributed by atoms with van der Waals surface area (Å²) in [5.74, 6) is 0.218. The summed E-state index contributed by atoms with van der Waals surface area (Å²) in [7, 11) is 0. The van der Waals surface area contributed by atoms with Gasteiger partial charge in [0, 0.05) is 0 Å². The first-order chi connectivity index (χ1) is 14.5. The molecule has 7 heteroatoms. The topological polar surface area (TPSA) is 34.3 Å². The van der Waals surface area contributed by atoms with Crippen LogP contribution in [0.3, 0.4) is 0 Å². The molecular weight excluding hydrogens is 656 g/mol. The Balaban J connectivity index is 1.94. The van der Waals surface area contributed by atoms with Gasteiger partial charge in [-0.25, -0.2) is 0 Å². The highest BCUT2D eigenvalue weighted by molar-refractivity contribution is 9.25. The lowest BCUT2D eigenvalue weighted by atomic mass is 9.75. The minimum Gasteiger partial charge on any atom is -0.353 e. The molecule has 0 radical (unpaired) electrons.